The maximum atomic E-state index is 5.42. The van der Waals surface area contributed by atoms with Crippen LogP contribution in [-0.2, 0) is 0 Å². The summed E-state index contributed by atoms with van der Waals surface area (Å²) in [5, 5.41) is 4.13. The highest BCUT2D eigenvalue weighted by Crippen LogP contribution is 2.14. The molecule has 0 aliphatic heterocycles. The Labute approximate surface area is 110 Å². The van der Waals surface area contributed by atoms with E-state index in [1.54, 1.807) is 0 Å². The number of unbranched alkanes of at least 4 members (excludes halogenated alkanes) is 1. The largest absolute Gasteiger partial charge is 0.362 e. The zero-order valence-corrected chi connectivity index (χ0v) is 11.8. The van der Waals surface area contributed by atoms with E-state index in [2.05, 4.69) is 55.3 Å². The molecule has 0 amide bonds. The second kappa shape index (κ2) is 7.28. The summed E-state index contributed by atoms with van der Waals surface area (Å²) in [4.78, 5) is 2.13. The number of nitrogens with zero attached hydrogens (tertiary/aromatic N) is 1. The monoisotopic (exact) mass is 250 g/mol. The Balaban J connectivity index is 2.64. The van der Waals surface area contributed by atoms with Crippen LogP contribution in [-0.4, -0.2) is 18.2 Å². The highest BCUT2D eigenvalue weighted by Gasteiger charge is 2.08. The fourth-order valence-electron chi connectivity index (χ4n) is 1.64. The fourth-order valence-corrected chi connectivity index (χ4v) is 1.97. The lowest BCUT2D eigenvalue weighted by Gasteiger charge is -2.24. The molecule has 1 aromatic carbocycles. The van der Waals surface area contributed by atoms with Gasteiger partial charge in [-0.1, -0.05) is 31.0 Å². The van der Waals surface area contributed by atoms with Crippen molar-refractivity contribution in [3.8, 4) is 0 Å². The zero-order valence-electron chi connectivity index (χ0n) is 11.0. The van der Waals surface area contributed by atoms with Crippen LogP contribution in [0.3, 0.4) is 0 Å². The van der Waals surface area contributed by atoms with Gasteiger partial charge in [-0.3, -0.25) is 0 Å². The lowest BCUT2D eigenvalue weighted by Crippen LogP contribution is -2.40. The van der Waals surface area contributed by atoms with Crippen molar-refractivity contribution in [2.45, 2.75) is 33.6 Å². The predicted molar refractivity (Wildman–Crippen MR) is 79.7 cm³/mol. The smallest absolute Gasteiger partial charge is 0.173 e. The molecule has 0 aromatic heterocycles. The number of thiocarbonyl (C=S) groups is 1. The molecule has 94 valence electrons. The first kappa shape index (κ1) is 14.0. The first-order valence-electron chi connectivity index (χ1n) is 6.31. The van der Waals surface area contributed by atoms with E-state index in [1.165, 1.54) is 12.0 Å². The van der Waals surface area contributed by atoms with Crippen molar-refractivity contribution in [1.82, 2.24) is 5.32 Å². The van der Waals surface area contributed by atoms with Gasteiger partial charge in [0.1, 0.15) is 0 Å². The highest BCUT2D eigenvalue weighted by molar-refractivity contribution is 7.80. The van der Waals surface area contributed by atoms with Gasteiger partial charge in [0.05, 0.1) is 0 Å². The third kappa shape index (κ3) is 4.35. The van der Waals surface area contributed by atoms with Gasteiger partial charge in [-0.2, -0.15) is 0 Å². The number of aryl methyl sites for hydroxylation is 1. The number of hydrogen-bond acceptors (Lipinski definition) is 1. The maximum Gasteiger partial charge on any atom is 0.173 e. The molecule has 0 fully saturated rings. The van der Waals surface area contributed by atoms with Crippen molar-refractivity contribution in [2.24, 2.45) is 0 Å². The quantitative estimate of drug-likeness (QED) is 0.636. The number of benzene rings is 1. The van der Waals surface area contributed by atoms with Crippen LogP contribution in [0.1, 0.15) is 32.3 Å². The third-order valence-electron chi connectivity index (χ3n) is 2.71. The molecule has 0 bridgehead atoms. The molecule has 0 atom stereocenters. The molecular weight excluding hydrogens is 228 g/mol. The summed E-state index contributed by atoms with van der Waals surface area (Å²) >= 11 is 5.42. The van der Waals surface area contributed by atoms with E-state index in [0.29, 0.717) is 0 Å². The first-order valence-corrected chi connectivity index (χ1v) is 6.71. The van der Waals surface area contributed by atoms with Crippen LogP contribution in [0.5, 0.6) is 0 Å². The van der Waals surface area contributed by atoms with Gasteiger partial charge >= 0.3 is 0 Å². The molecule has 1 aromatic rings. The van der Waals surface area contributed by atoms with Gasteiger partial charge in [-0.05, 0) is 44.6 Å². The molecule has 0 heterocycles. The van der Waals surface area contributed by atoms with Gasteiger partial charge in [-0.25, -0.2) is 0 Å². The Morgan fingerprint density at radius 3 is 2.41 bits per heavy atom. The minimum Gasteiger partial charge on any atom is -0.362 e. The minimum absolute atomic E-state index is 0.824. The van der Waals surface area contributed by atoms with Gasteiger partial charge in [0.15, 0.2) is 5.11 Å². The molecule has 1 rings (SSSR count). The second-order valence-corrected chi connectivity index (χ2v) is 4.55. The SMILES string of the molecule is CCCCNC(=S)N(CC)c1ccc(C)cc1. The highest BCUT2D eigenvalue weighted by atomic mass is 32.1. The van der Waals surface area contributed by atoms with Crippen LogP contribution in [0.25, 0.3) is 0 Å². The van der Waals surface area contributed by atoms with E-state index in [-0.39, 0.29) is 0 Å². The number of nitrogens with one attached hydrogen (secondary N) is 1. The molecule has 0 aliphatic rings. The molecule has 17 heavy (non-hydrogen) atoms. The van der Waals surface area contributed by atoms with Crippen LogP contribution in [0.2, 0.25) is 0 Å². The average Bonchev–Trinajstić information content (AvgIpc) is 2.33. The number of anilines is 1. The van der Waals surface area contributed by atoms with E-state index in [0.717, 1.165) is 30.3 Å². The zero-order chi connectivity index (χ0) is 12.7. The Morgan fingerprint density at radius 2 is 1.88 bits per heavy atom. The molecule has 0 unspecified atom stereocenters. The number of rotatable bonds is 5. The fraction of sp³-hybridized carbons (Fsp3) is 0.500. The molecular formula is C14H22N2S. The van der Waals surface area contributed by atoms with Crippen LogP contribution in [0.4, 0.5) is 5.69 Å². The summed E-state index contributed by atoms with van der Waals surface area (Å²) in [6.07, 6.45) is 2.35. The predicted octanol–water partition coefficient (Wildman–Crippen LogP) is 3.50. The lowest BCUT2D eigenvalue weighted by atomic mass is 10.2. The Kier molecular flexibility index (Phi) is 5.98. The molecule has 0 aliphatic carbocycles. The Bertz CT molecular complexity index is 346. The molecule has 0 spiro atoms. The summed E-state index contributed by atoms with van der Waals surface area (Å²) in [5.74, 6) is 0. The van der Waals surface area contributed by atoms with E-state index >= 15 is 0 Å². The van der Waals surface area contributed by atoms with Crippen molar-refractivity contribution < 1.29 is 0 Å². The van der Waals surface area contributed by atoms with Gasteiger partial charge in [0.25, 0.3) is 0 Å². The standard InChI is InChI=1S/C14H22N2S/c1-4-6-11-15-14(17)16(5-2)13-9-7-12(3)8-10-13/h7-10H,4-6,11H2,1-3H3,(H,15,17). The normalized spacial score (nSPS) is 10.1. The topological polar surface area (TPSA) is 15.3 Å². The first-order chi connectivity index (χ1) is 8.19. The molecule has 0 saturated carbocycles. The second-order valence-electron chi connectivity index (χ2n) is 4.17. The summed E-state index contributed by atoms with van der Waals surface area (Å²) < 4.78 is 0. The Hall–Kier alpha value is -1.09. The molecule has 2 nitrogen and oxygen atoms in total. The molecule has 1 N–H and O–H groups in total. The average molecular weight is 250 g/mol. The van der Waals surface area contributed by atoms with E-state index in [9.17, 15) is 0 Å². The van der Waals surface area contributed by atoms with Crippen LogP contribution >= 0.6 is 12.2 Å². The van der Waals surface area contributed by atoms with Gasteiger partial charge in [0.2, 0.25) is 0 Å². The minimum atomic E-state index is 0.824. The van der Waals surface area contributed by atoms with Gasteiger partial charge in [0, 0.05) is 18.8 Å². The van der Waals surface area contributed by atoms with Crippen LogP contribution in [0.15, 0.2) is 24.3 Å². The van der Waals surface area contributed by atoms with Gasteiger partial charge < -0.3 is 10.2 Å². The van der Waals surface area contributed by atoms with E-state index in [1.807, 2.05) is 0 Å². The molecule has 0 saturated heterocycles. The van der Waals surface area contributed by atoms with Crippen molar-refractivity contribution in [3.63, 3.8) is 0 Å². The third-order valence-corrected chi connectivity index (χ3v) is 3.08. The Morgan fingerprint density at radius 1 is 1.24 bits per heavy atom. The van der Waals surface area contributed by atoms with Crippen LogP contribution < -0.4 is 10.2 Å². The summed E-state index contributed by atoms with van der Waals surface area (Å²) in [6.45, 7) is 8.24. The maximum absolute atomic E-state index is 5.42. The van der Waals surface area contributed by atoms with E-state index in [4.69, 9.17) is 12.2 Å². The summed E-state index contributed by atoms with van der Waals surface area (Å²) in [7, 11) is 0. The van der Waals surface area contributed by atoms with Crippen molar-refractivity contribution in [1.29, 1.82) is 0 Å². The van der Waals surface area contributed by atoms with Crippen LogP contribution in [0, 0.1) is 6.92 Å². The van der Waals surface area contributed by atoms with Gasteiger partial charge in [-0.15, -0.1) is 0 Å². The van der Waals surface area contributed by atoms with Crippen molar-refractivity contribution >= 4 is 23.0 Å². The molecule has 0 radical (unpaired) electrons. The lowest BCUT2D eigenvalue weighted by molar-refractivity contribution is 0.751. The summed E-state index contributed by atoms with van der Waals surface area (Å²) in [5.41, 5.74) is 2.43. The van der Waals surface area contributed by atoms with Crippen molar-refractivity contribution in [2.75, 3.05) is 18.0 Å². The molecule has 3 heteroatoms. The summed E-state index contributed by atoms with van der Waals surface area (Å²) in [6, 6.07) is 8.47. The van der Waals surface area contributed by atoms with E-state index < -0.39 is 0 Å². The number of hydrogen-bond donors (Lipinski definition) is 1. The van der Waals surface area contributed by atoms with Crippen molar-refractivity contribution in [3.05, 3.63) is 29.8 Å².